The third-order valence-electron chi connectivity index (χ3n) is 5.94. The summed E-state index contributed by atoms with van der Waals surface area (Å²) in [6.07, 6.45) is 0. The third kappa shape index (κ3) is 3.55. The van der Waals surface area contributed by atoms with Crippen LogP contribution in [0.25, 0.3) is 33.1 Å². The average Bonchev–Trinajstić information content (AvgIpc) is 3.26. The number of rotatable bonds is 4. The van der Waals surface area contributed by atoms with Gasteiger partial charge < -0.3 is 9.32 Å². The van der Waals surface area contributed by atoms with Gasteiger partial charge in [0.25, 0.3) is 0 Å². The molecule has 0 spiro atoms. The quantitative estimate of drug-likeness (QED) is 0.268. The standard InChI is InChI=1S/C30H20ClNO/c31-23-15-19-25(20-16-23)32(24-17-13-22(14-18-24)21-7-2-1-3-8-21)28-11-6-10-27-26-9-4-5-12-29(26)33-30(27)28/h1-20H. The number of nitrogens with zero attached hydrogens (tertiary/aromatic N) is 1. The summed E-state index contributed by atoms with van der Waals surface area (Å²) in [6, 6.07) is 41.4. The van der Waals surface area contributed by atoms with Gasteiger partial charge in [-0.2, -0.15) is 0 Å². The lowest BCUT2D eigenvalue weighted by Gasteiger charge is -2.25. The summed E-state index contributed by atoms with van der Waals surface area (Å²) in [5, 5.41) is 2.92. The molecule has 0 atom stereocenters. The summed E-state index contributed by atoms with van der Waals surface area (Å²) >= 11 is 6.21. The zero-order chi connectivity index (χ0) is 22.2. The lowest BCUT2D eigenvalue weighted by molar-refractivity contribution is 0.669. The first-order valence-corrected chi connectivity index (χ1v) is 11.3. The van der Waals surface area contributed by atoms with Crippen molar-refractivity contribution in [3.05, 3.63) is 126 Å². The predicted molar refractivity (Wildman–Crippen MR) is 139 cm³/mol. The van der Waals surface area contributed by atoms with Crippen molar-refractivity contribution in [3.63, 3.8) is 0 Å². The molecule has 0 amide bonds. The van der Waals surface area contributed by atoms with Crippen molar-refractivity contribution in [3.8, 4) is 11.1 Å². The molecule has 1 aromatic heterocycles. The normalized spacial score (nSPS) is 11.2. The molecule has 0 N–H and O–H groups in total. The molecule has 0 aliphatic heterocycles. The summed E-state index contributed by atoms with van der Waals surface area (Å²) < 4.78 is 6.36. The number of hydrogen-bond acceptors (Lipinski definition) is 2. The summed E-state index contributed by atoms with van der Waals surface area (Å²) in [5.74, 6) is 0. The van der Waals surface area contributed by atoms with Crippen LogP contribution in [-0.2, 0) is 0 Å². The number of benzene rings is 5. The molecule has 33 heavy (non-hydrogen) atoms. The maximum Gasteiger partial charge on any atom is 0.159 e. The Morgan fingerprint density at radius 1 is 0.515 bits per heavy atom. The molecule has 0 aliphatic rings. The van der Waals surface area contributed by atoms with Crippen LogP contribution in [0.15, 0.2) is 126 Å². The number of halogens is 1. The molecule has 5 aromatic carbocycles. The molecule has 0 unspecified atom stereocenters. The summed E-state index contributed by atoms with van der Waals surface area (Å²) in [4.78, 5) is 2.22. The van der Waals surface area contributed by atoms with E-state index in [0.29, 0.717) is 5.02 Å². The van der Waals surface area contributed by atoms with Crippen molar-refractivity contribution in [2.75, 3.05) is 4.90 Å². The highest BCUT2D eigenvalue weighted by Crippen LogP contribution is 2.42. The Labute approximate surface area is 197 Å². The summed E-state index contributed by atoms with van der Waals surface area (Å²) in [5.41, 5.74) is 7.17. The van der Waals surface area contributed by atoms with Gasteiger partial charge in [-0.05, 0) is 59.7 Å². The Morgan fingerprint density at radius 2 is 1.12 bits per heavy atom. The second kappa shape index (κ2) is 8.16. The highest BCUT2D eigenvalue weighted by atomic mass is 35.5. The second-order valence-corrected chi connectivity index (χ2v) is 8.41. The number of hydrogen-bond donors (Lipinski definition) is 0. The van der Waals surface area contributed by atoms with Crippen LogP contribution in [0.1, 0.15) is 0 Å². The van der Waals surface area contributed by atoms with Crippen molar-refractivity contribution < 1.29 is 4.42 Å². The molecule has 1 heterocycles. The fraction of sp³-hybridized carbons (Fsp3) is 0. The number of anilines is 3. The van der Waals surface area contributed by atoms with Gasteiger partial charge in [-0.1, -0.05) is 84.4 Å². The van der Waals surface area contributed by atoms with Gasteiger partial charge in [0, 0.05) is 27.2 Å². The molecule has 6 rings (SSSR count). The minimum Gasteiger partial charge on any atom is -0.454 e. The molecule has 0 saturated heterocycles. The minimum atomic E-state index is 0.708. The molecule has 158 valence electrons. The monoisotopic (exact) mass is 445 g/mol. The smallest absolute Gasteiger partial charge is 0.159 e. The van der Waals surface area contributed by atoms with E-state index >= 15 is 0 Å². The molecule has 3 heteroatoms. The molecule has 0 aliphatic carbocycles. The van der Waals surface area contributed by atoms with E-state index < -0.39 is 0 Å². The van der Waals surface area contributed by atoms with Crippen LogP contribution >= 0.6 is 11.6 Å². The van der Waals surface area contributed by atoms with E-state index in [-0.39, 0.29) is 0 Å². The molecular formula is C30H20ClNO. The molecule has 6 aromatic rings. The van der Waals surface area contributed by atoms with Crippen molar-refractivity contribution in [2.24, 2.45) is 0 Å². The fourth-order valence-corrected chi connectivity index (χ4v) is 4.49. The minimum absolute atomic E-state index is 0.708. The second-order valence-electron chi connectivity index (χ2n) is 7.98. The van der Waals surface area contributed by atoms with Crippen LogP contribution in [0, 0.1) is 0 Å². The number of fused-ring (bicyclic) bond motifs is 3. The van der Waals surface area contributed by atoms with E-state index in [1.165, 1.54) is 11.1 Å². The largest absolute Gasteiger partial charge is 0.454 e. The van der Waals surface area contributed by atoms with Gasteiger partial charge >= 0.3 is 0 Å². The van der Waals surface area contributed by atoms with Crippen LogP contribution < -0.4 is 4.90 Å². The van der Waals surface area contributed by atoms with E-state index in [0.717, 1.165) is 39.0 Å². The topological polar surface area (TPSA) is 16.4 Å². The Hall–Kier alpha value is -4.01. The van der Waals surface area contributed by atoms with Crippen molar-refractivity contribution in [2.45, 2.75) is 0 Å². The molecule has 0 bridgehead atoms. The van der Waals surface area contributed by atoms with Crippen molar-refractivity contribution >= 4 is 50.6 Å². The van der Waals surface area contributed by atoms with Gasteiger partial charge in [0.2, 0.25) is 0 Å². The summed E-state index contributed by atoms with van der Waals surface area (Å²) in [6.45, 7) is 0. The van der Waals surface area contributed by atoms with Crippen molar-refractivity contribution in [1.82, 2.24) is 0 Å². The Bertz CT molecular complexity index is 1550. The SMILES string of the molecule is Clc1ccc(N(c2ccc(-c3ccccc3)cc2)c2cccc3c2oc2ccccc23)cc1. The van der Waals surface area contributed by atoms with E-state index in [2.05, 4.69) is 77.7 Å². The molecular weight excluding hydrogens is 426 g/mol. The Morgan fingerprint density at radius 3 is 1.88 bits per heavy atom. The van der Waals surface area contributed by atoms with Crippen LogP contribution in [0.2, 0.25) is 5.02 Å². The molecule has 0 fully saturated rings. The van der Waals surface area contributed by atoms with E-state index in [9.17, 15) is 0 Å². The maximum absolute atomic E-state index is 6.36. The molecule has 2 nitrogen and oxygen atoms in total. The molecule has 0 radical (unpaired) electrons. The van der Waals surface area contributed by atoms with E-state index in [4.69, 9.17) is 16.0 Å². The zero-order valence-corrected chi connectivity index (χ0v) is 18.5. The van der Waals surface area contributed by atoms with Crippen LogP contribution in [-0.4, -0.2) is 0 Å². The lowest BCUT2D eigenvalue weighted by Crippen LogP contribution is -2.10. The van der Waals surface area contributed by atoms with Gasteiger partial charge in [-0.25, -0.2) is 0 Å². The number of para-hydroxylation sites is 2. The van der Waals surface area contributed by atoms with Crippen LogP contribution in [0.5, 0.6) is 0 Å². The number of furan rings is 1. The molecule has 0 saturated carbocycles. The fourth-order valence-electron chi connectivity index (χ4n) is 4.36. The van der Waals surface area contributed by atoms with Crippen LogP contribution in [0.3, 0.4) is 0 Å². The Kier molecular flexibility index (Phi) is 4.86. The Balaban J connectivity index is 1.54. The zero-order valence-electron chi connectivity index (χ0n) is 17.8. The first-order valence-electron chi connectivity index (χ1n) is 10.9. The van der Waals surface area contributed by atoms with Gasteiger partial charge in [0.05, 0.1) is 5.69 Å². The van der Waals surface area contributed by atoms with Gasteiger partial charge in [-0.3, -0.25) is 0 Å². The van der Waals surface area contributed by atoms with Gasteiger partial charge in [-0.15, -0.1) is 0 Å². The third-order valence-corrected chi connectivity index (χ3v) is 6.19. The van der Waals surface area contributed by atoms with E-state index in [1.54, 1.807) is 0 Å². The average molecular weight is 446 g/mol. The van der Waals surface area contributed by atoms with E-state index in [1.807, 2.05) is 48.5 Å². The maximum atomic E-state index is 6.36. The van der Waals surface area contributed by atoms with Crippen LogP contribution in [0.4, 0.5) is 17.1 Å². The first-order chi connectivity index (χ1) is 16.3. The summed E-state index contributed by atoms with van der Waals surface area (Å²) in [7, 11) is 0. The van der Waals surface area contributed by atoms with Gasteiger partial charge in [0.1, 0.15) is 5.58 Å². The first kappa shape index (κ1) is 19.7. The van der Waals surface area contributed by atoms with Crippen molar-refractivity contribution in [1.29, 1.82) is 0 Å². The lowest BCUT2D eigenvalue weighted by atomic mass is 10.0. The highest BCUT2D eigenvalue weighted by Gasteiger charge is 2.19. The van der Waals surface area contributed by atoms with Gasteiger partial charge in [0.15, 0.2) is 5.58 Å². The highest BCUT2D eigenvalue weighted by molar-refractivity contribution is 6.30. The predicted octanol–water partition coefficient (Wildman–Crippen LogP) is 9.38.